The van der Waals surface area contributed by atoms with Gasteiger partial charge in [0.1, 0.15) is 11.5 Å². The minimum Gasteiger partial charge on any atom is -0.378 e. The number of amides is 1. The zero-order valence-electron chi connectivity index (χ0n) is 15.9. The Hall–Kier alpha value is -2.67. The first-order valence-corrected chi connectivity index (χ1v) is 9.42. The first kappa shape index (κ1) is 19.1. The molecule has 0 radical (unpaired) electrons. The Morgan fingerprint density at radius 1 is 1.19 bits per heavy atom. The number of carbonyl (C=O) groups excluding carboxylic acids is 1. The zero-order valence-corrected chi connectivity index (χ0v) is 15.9. The Bertz CT molecular complexity index is 742. The molecule has 1 aromatic carbocycles. The Morgan fingerprint density at radius 3 is 2.67 bits per heavy atom. The third-order valence-corrected chi connectivity index (χ3v) is 4.42. The second-order valence-electron chi connectivity index (χ2n) is 6.97. The van der Waals surface area contributed by atoms with E-state index in [1.165, 1.54) is 6.20 Å². The summed E-state index contributed by atoms with van der Waals surface area (Å²) in [5.74, 6) is 1.04. The van der Waals surface area contributed by atoms with Gasteiger partial charge in [0.15, 0.2) is 0 Å². The number of rotatable bonds is 7. The summed E-state index contributed by atoms with van der Waals surface area (Å²) in [7, 11) is 0. The number of nitrogens with one attached hydrogen (secondary N) is 2. The molecule has 1 aliphatic rings. The van der Waals surface area contributed by atoms with E-state index in [4.69, 9.17) is 4.74 Å². The van der Waals surface area contributed by atoms with Crippen molar-refractivity contribution in [3.8, 4) is 0 Å². The minimum atomic E-state index is -0.267. The van der Waals surface area contributed by atoms with E-state index < -0.39 is 0 Å². The minimum absolute atomic E-state index is 0.267. The van der Waals surface area contributed by atoms with Crippen LogP contribution in [0.1, 0.15) is 30.8 Å². The van der Waals surface area contributed by atoms with E-state index in [0.29, 0.717) is 30.6 Å². The monoisotopic (exact) mass is 369 g/mol. The number of aromatic nitrogens is 2. The van der Waals surface area contributed by atoms with Gasteiger partial charge in [0, 0.05) is 19.6 Å². The molecular formula is C20H27N5O2. The lowest BCUT2D eigenvalue weighted by Crippen LogP contribution is -2.36. The molecule has 1 aliphatic heterocycles. The highest BCUT2D eigenvalue weighted by atomic mass is 16.5. The van der Waals surface area contributed by atoms with Gasteiger partial charge in [-0.05, 0) is 24.5 Å². The number of benzene rings is 1. The molecule has 2 heterocycles. The molecule has 7 heteroatoms. The summed E-state index contributed by atoms with van der Waals surface area (Å²) in [6.45, 7) is 8.20. The number of hydrogen-bond acceptors (Lipinski definition) is 6. The topological polar surface area (TPSA) is 79.4 Å². The number of para-hydroxylation sites is 2. The van der Waals surface area contributed by atoms with Crippen molar-refractivity contribution in [1.29, 1.82) is 0 Å². The number of anilines is 3. The molecule has 144 valence electrons. The molecule has 1 saturated heterocycles. The molecular weight excluding hydrogens is 342 g/mol. The van der Waals surface area contributed by atoms with Gasteiger partial charge in [0.05, 0.1) is 37.0 Å². The molecule has 0 atom stereocenters. The molecule has 1 aromatic heterocycles. The van der Waals surface area contributed by atoms with Gasteiger partial charge in [-0.3, -0.25) is 4.79 Å². The lowest BCUT2D eigenvalue weighted by molar-refractivity contribution is 0.102. The van der Waals surface area contributed by atoms with Crippen molar-refractivity contribution >= 4 is 23.1 Å². The first-order chi connectivity index (χ1) is 13.1. The maximum Gasteiger partial charge on any atom is 0.275 e. The standard InChI is InChI=1S/C20H27N5O2/c1-15(2)7-8-21-19-14-22-17(13-23-19)20(26)24-16-5-3-4-6-18(16)25-9-11-27-12-10-25/h3-6,13-15H,7-12H2,1-2H3,(H,21,23)(H,24,26). The quantitative estimate of drug-likeness (QED) is 0.781. The highest BCUT2D eigenvalue weighted by Crippen LogP contribution is 2.26. The summed E-state index contributed by atoms with van der Waals surface area (Å²) in [6.07, 6.45) is 4.16. The van der Waals surface area contributed by atoms with Crippen molar-refractivity contribution in [1.82, 2.24) is 9.97 Å². The van der Waals surface area contributed by atoms with Crippen LogP contribution < -0.4 is 15.5 Å². The average Bonchev–Trinajstić information content (AvgIpc) is 2.69. The largest absolute Gasteiger partial charge is 0.378 e. The molecule has 2 aromatic rings. The number of morpholine rings is 1. The van der Waals surface area contributed by atoms with E-state index in [0.717, 1.165) is 37.4 Å². The van der Waals surface area contributed by atoms with Gasteiger partial charge >= 0.3 is 0 Å². The van der Waals surface area contributed by atoms with Crippen LogP contribution in [0.3, 0.4) is 0 Å². The first-order valence-electron chi connectivity index (χ1n) is 9.42. The summed E-state index contributed by atoms with van der Waals surface area (Å²) in [6, 6.07) is 7.79. The summed E-state index contributed by atoms with van der Waals surface area (Å²) in [4.78, 5) is 23.3. The van der Waals surface area contributed by atoms with Crippen LogP contribution >= 0.6 is 0 Å². The van der Waals surface area contributed by atoms with Crippen LogP contribution in [-0.2, 0) is 4.74 Å². The van der Waals surface area contributed by atoms with Crippen LogP contribution in [0.25, 0.3) is 0 Å². The highest BCUT2D eigenvalue weighted by molar-refractivity contribution is 6.04. The van der Waals surface area contributed by atoms with Gasteiger partial charge in [0.25, 0.3) is 5.91 Å². The van der Waals surface area contributed by atoms with Crippen molar-refractivity contribution in [3.63, 3.8) is 0 Å². The van der Waals surface area contributed by atoms with E-state index in [2.05, 4.69) is 39.3 Å². The summed E-state index contributed by atoms with van der Waals surface area (Å²) in [5, 5.41) is 6.18. The highest BCUT2D eigenvalue weighted by Gasteiger charge is 2.17. The second kappa shape index (κ2) is 9.32. The number of hydrogen-bond donors (Lipinski definition) is 2. The van der Waals surface area contributed by atoms with Gasteiger partial charge in [-0.1, -0.05) is 26.0 Å². The summed E-state index contributed by atoms with van der Waals surface area (Å²) in [5.41, 5.74) is 2.06. The molecule has 0 aliphatic carbocycles. The third kappa shape index (κ3) is 5.40. The van der Waals surface area contributed by atoms with Crippen LogP contribution in [0.5, 0.6) is 0 Å². The normalized spacial score (nSPS) is 14.3. The Kier molecular flexibility index (Phi) is 6.59. The Morgan fingerprint density at radius 2 is 1.96 bits per heavy atom. The van der Waals surface area contributed by atoms with Crippen molar-refractivity contribution in [2.45, 2.75) is 20.3 Å². The molecule has 0 unspecified atom stereocenters. The maximum absolute atomic E-state index is 12.6. The van der Waals surface area contributed by atoms with Crippen LogP contribution in [-0.4, -0.2) is 48.7 Å². The summed E-state index contributed by atoms with van der Waals surface area (Å²) >= 11 is 0. The number of ether oxygens (including phenoxy) is 1. The van der Waals surface area contributed by atoms with E-state index >= 15 is 0 Å². The van der Waals surface area contributed by atoms with Crippen LogP contribution in [0.15, 0.2) is 36.7 Å². The van der Waals surface area contributed by atoms with Gasteiger partial charge < -0.3 is 20.3 Å². The van der Waals surface area contributed by atoms with Crippen molar-refractivity contribution in [3.05, 3.63) is 42.4 Å². The van der Waals surface area contributed by atoms with E-state index in [-0.39, 0.29) is 5.91 Å². The number of nitrogens with zero attached hydrogens (tertiary/aromatic N) is 3. The van der Waals surface area contributed by atoms with E-state index in [1.54, 1.807) is 6.20 Å². The fourth-order valence-electron chi connectivity index (χ4n) is 2.87. The predicted octanol–water partition coefficient (Wildman–Crippen LogP) is 3.02. The number of carbonyl (C=O) groups is 1. The van der Waals surface area contributed by atoms with Gasteiger partial charge in [-0.25, -0.2) is 9.97 Å². The van der Waals surface area contributed by atoms with Crippen LogP contribution in [0, 0.1) is 5.92 Å². The molecule has 2 N–H and O–H groups in total. The molecule has 7 nitrogen and oxygen atoms in total. The molecule has 1 fully saturated rings. The van der Waals surface area contributed by atoms with Crippen molar-refractivity contribution in [2.24, 2.45) is 5.92 Å². The maximum atomic E-state index is 12.6. The van der Waals surface area contributed by atoms with Crippen LogP contribution in [0.2, 0.25) is 0 Å². The SMILES string of the molecule is CC(C)CCNc1cnc(C(=O)Nc2ccccc2N2CCOCC2)cn1. The second-order valence-corrected chi connectivity index (χ2v) is 6.97. The Balaban J connectivity index is 1.63. The molecule has 27 heavy (non-hydrogen) atoms. The van der Waals surface area contributed by atoms with Crippen molar-refractivity contribution in [2.75, 3.05) is 48.4 Å². The smallest absolute Gasteiger partial charge is 0.275 e. The van der Waals surface area contributed by atoms with Gasteiger partial charge in [-0.15, -0.1) is 0 Å². The predicted molar refractivity (Wildman–Crippen MR) is 107 cm³/mol. The van der Waals surface area contributed by atoms with Crippen molar-refractivity contribution < 1.29 is 9.53 Å². The van der Waals surface area contributed by atoms with Crippen LogP contribution in [0.4, 0.5) is 17.2 Å². The van der Waals surface area contributed by atoms with Gasteiger partial charge in [0.2, 0.25) is 0 Å². The zero-order chi connectivity index (χ0) is 19.1. The molecule has 1 amide bonds. The lowest BCUT2D eigenvalue weighted by Gasteiger charge is -2.30. The molecule has 3 rings (SSSR count). The van der Waals surface area contributed by atoms with Gasteiger partial charge in [-0.2, -0.15) is 0 Å². The fourth-order valence-corrected chi connectivity index (χ4v) is 2.87. The fraction of sp³-hybridized carbons (Fsp3) is 0.450. The Labute approximate surface area is 160 Å². The lowest BCUT2D eigenvalue weighted by atomic mass is 10.1. The third-order valence-electron chi connectivity index (χ3n) is 4.42. The van der Waals surface area contributed by atoms with E-state index in [1.807, 2.05) is 24.3 Å². The summed E-state index contributed by atoms with van der Waals surface area (Å²) < 4.78 is 5.41. The van der Waals surface area contributed by atoms with E-state index in [9.17, 15) is 4.79 Å². The molecule has 0 bridgehead atoms. The average molecular weight is 369 g/mol. The molecule has 0 spiro atoms. The molecule has 0 saturated carbocycles.